The van der Waals surface area contributed by atoms with Gasteiger partial charge in [0.05, 0.1) is 0 Å². The molecule has 2 saturated carbocycles. The molecule has 1 amide bonds. The van der Waals surface area contributed by atoms with Gasteiger partial charge in [0.1, 0.15) is 12.1 Å². The van der Waals surface area contributed by atoms with E-state index in [2.05, 4.69) is 20.9 Å². The topological polar surface area (TPSA) is 49.3 Å². The van der Waals surface area contributed by atoms with E-state index in [4.69, 9.17) is 0 Å². The van der Waals surface area contributed by atoms with Gasteiger partial charge < -0.3 is 9.80 Å². The highest BCUT2D eigenvalue weighted by Gasteiger charge is 2.36. The number of hydrogen-bond acceptors (Lipinski definition) is 4. The van der Waals surface area contributed by atoms with Gasteiger partial charge in [0.25, 0.3) is 0 Å². The normalized spacial score (nSPS) is 25.1. The molecule has 5 heteroatoms. The fraction of sp³-hybridized carbons (Fsp3) is 0.722. The maximum absolute atomic E-state index is 12.3. The molecule has 5 nitrogen and oxygen atoms in total. The van der Waals surface area contributed by atoms with Gasteiger partial charge in [0.2, 0.25) is 5.91 Å². The summed E-state index contributed by atoms with van der Waals surface area (Å²) in [6.07, 6.45) is 9.94. The molecule has 0 N–H and O–H groups in total. The van der Waals surface area contributed by atoms with Crippen molar-refractivity contribution >= 4 is 11.7 Å². The van der Waals surface area contributed by atoms with Gasteiger partial charge in [-0.3, -0.25) is 4.79 Å². The fourth-order valence-electron chi connectivity index (χ4n) is 3.74. The molecule has 1 unspecified atom stereocenters. The van der Waals surface area contributed by atoms with Crippen LogP contribution in [0.15, 0.2) is 12.4 Å². The number of carbonyl (C=O) groups excluding carboxylic acids is 1. The van der Waals surface area contributed by atoms with Crippen molar-refractivity contribution < 1.29 is 4.79 Å². The highest BCUT2D eigenvalue weighted by molar-refractivity contribution is 5.81. The largest absolute Gasteiger partial charge is 0.354 e. The molecule has 23 heavy (non-hydrogen) atoms. The second-order valence-electron chi connectivity index (χ2n) is 7.39. The zero-order valence-corrected chi connectivity index (χ0v) is 13.9. The van der Waals surface area contributed by atoms with Crippen LogP contribution in [0.3, 0.4) is 0 Å². The third kappa shape index (κ3) is 3.06. The maximum Gasteiger partial charge on any atom is 0.225 e. The van der Waals surface area contributed by atoms with Crippen molar-refractivity contribution in [2.24, 2.45) is 5.92 Å². The van der Waals surface area contributed by atoms with Crippen LogP contribution in [0.4, 0.5) is 5.82 Å². The zero-order chi connectivity index (χ0) is 15.8. The van der Waals surface area contributed by atoms with Crippen LogP contribution in [0.2, 0.25) is 0 Å². The van der Waals surface area contributed by atoms with Crippen LogP contribution in [0.25, 0.3) is 0 Å². The quantitative estimate of drug-likeness (QED) is 0.857. The summed E-state index contributed by atoms with van der Waals surface area (Å²) in [6.45, 7) is 1.93. The van der Waals surface area contributed by atoms with E-state index in [9.17, 15) is 4.79 Å². The van der Waals surface area contributed by atoms with E-state index in [1.807, 2.05) is 11.9 Å². The number of nitrogens with zero attached hydrogens (tertiary/aromatic N) is 4. The molecular weight excluding hydrogens is 288 g/mol. The maximum atomic E-state index is 12.3. The second-order valence-corrected chi connectivity index (χ2v) is 7.39. The van der Waals surface area contributed by atoms with E-state index in [-0.39, 0.29) is 0 Å². The van der Waals surface area contributed by atoms with E-state index in [1.165, 1.54) is 25.0 Å². The summed E-state index contributed by atoms with van der Waals surface area (Å²) >= 11 is 0. The summed E-state index contributed by atoms with van der Waals surface area (Å²) in [5.41, 5.74) is 1.20. The molecule has 1 atom stereocenters. The van der Waals surface area contributed by atoms with Crippen molar-refractivity contribution in [1.82, 2.24) is 14.9 Å². The van der Waals surface area contributed by atoms with Crippen molar-refractivity contribution in [3.05, 3.63) is 18.1 Å². The molecule has 124 valence electrons. The minimum Gasteiger partial charge on any atom is -0.354 e. The molecule has 0 radical (unpaired) electrons. The van der Waals surface area contributed by atoms with Crippen LogP contribution in [0.5, 0.6) is 0 Å². The second kappa shape index (κ2) is 6.10. The van der Waals surface area contributed by atoms with Crippen molar-refractivity contribution in [3.63, 3.8) is 0 Å². The molecule has 2 heterocycles. The smallest absolute Gasteiger partial charge is 0.225 e. The van der Waals surface area contributed by atoms with Crippen LogP contribution in [0.1, 0.15) is 56.6 Å². The SMILES string of the molecule is CN(C(=O)C1CC1)C1CCCN(c2cc(C3CCC3)ncn2)C1. The summed E-state index contributed by atoms with van der Waals surface area (Å²) in [5, 5.41) is 0. The van der Waals surface area contributed by atoms with E-state index in [1.54, 1.807) is 6.33 Å². The Morgan fingerprint density at radius 1 is 1.17 bits per heavy atom. The highest BCUT2D eigenvalue weighted by Crippen LogP contribution is 2.36. The number of anilines is 1. The first kappa shape index (κ1) is 14.9. The van der Waals surface area contributed by atoms with Crippen molar-refractivity contribution in [2.75, 3.05) is 25.0 Å². The van der Waals surface area contributed by atoms with Crippen molar-refractivity contribution in [2.45, 2.75) is 56.9 Å². The highest BCUT2D eigenvalue weighted by atomic mass is 16.2. The Kier molecular flexibility index (Phi) is 3.95. The number of piperidine rings is 1. The van der Waals surface area contributed by atoms with Crippen LogP contribution in [-0.2, 0) is 4.79 Å². The molecule has 1 saturated heterocycles. The summed E-state index contributed by atoms with van der Waals surface area (Å²) in [7, 11) is 1.98. The first-order valence-corrected chi connectivity index (χ1v) is 9.06. The number of amides is 1. The summed E-state index contributed by atoms with van der Waals surface area (Å²) in [5.74, 6) is 2.32. The lowest BCUT2D eigenvalue weighted by Crippen LogP contribution is -2.49. The minimum absolute atomic E-state index is 0.305. The van der Waals surface area contributed by atoms with Gasteiger partial charge in [0, 0.05) is 49.8 Å². The molecule has 0 spiro atoms. The summed E-state index contributed by atoms with van der Waals surface area (Å²) in [6, 6.07) is 2.49. The van der Waals surface area contributed by atoms with Crippen LogP contribution >= 0.6 is 0 Å². The molecule has 1 aromatic rings. The van der Waals surface area contributed by atoms with Crippen LogP contribution < -0.4 is 4.90 Å². The van der Waals surface area contributed by atoms with Crippen molar-refractivity contribution in [3.8, 4) is 0 Å². The third-order valence-electron chi connectivity index (χ3n) is 5.74. The number of carbonyl (C=O) groups is 1. The zero-order valence-electron chi connectivity index (χ0n) is 13.9. The van der Waals surface area contributed by atoms with E-state index in [0.717, 1.165) is 44.6 Å². The van der Waals surface area contributed by atoms with E-state index in [0.29, 0.717) is 23.8 Å². The lowest BCUT2D eigenvalue weighted by atomic mass is 9.83. The van der Waals surface area contributed by atoms with Gasteiger partial charge in [-0.15, -0.1) is 0 Å². The van der Waals surface area contributed by atoms with Gasteiger partial charge in [-0.2, -0.15) is 0 Å². The van der Waals surface area contributed by atoms with Gasteiger partial charge in [0.15, 0.2) is 0 Å². The molecule has 0 bridgehead atoms. The van der Waals surface area contributed by atoms with Gasteiger partial charge in [-0.05, 0) is 38.5 Å². The minimum atomic E-state index is 0.305. The molecule has 4 rings (SSSR count). The Labute approximate surface area is 138 Å². The number of likely N-dealkylation sites (N-methyl/N-ethyl adjacent to an activating group) is 1. The fourth-order valence-corrected chi connectivity index (χ4v) is 3.74. The Morgan fingerprint density at radius 2 is 2.00 bits per heavy atom. The molecule has 0 aromatic carbocycles. The first-order valence-electron chi connectivity index (χ1n) is 9.06. The number of aromatic nitrogens is 2. The standard InChI is InChI=1S/C18H26N4O/c1-21(18(23)14-7-8-14)15-6-3-9-22(11-15)17-10-16(19-12-20-17)13-4-2-5-13/h10,12-15H,2-9,11H2,1H3. The molecule has 2 aliphatic carbocycles. The van der Waals surface area contributed by atoms with Crippen molar-refractivity contribution in [1.29, 1.82) is 0 Å². The molecule has 1 aromatic heterocycles. The lowest BCUT2D eigenvalue weighted by molar-refractivity contribution is -0.133. The summed E-state index contributed by atoms with van der Waals surface area (Å²) in [4.78, 5) is 25.6. The monoisotopic (exact) mass is 314 g/mol. The average molecular weight is 314 g/mol. The number of rotatable bonds is 4. The Balaban J connectivity index is 1.45. The molecule has 1 aliphatic heterocycles. The first-order chi connectivity index (χ1) is 11.2. The molecular formula is C18H26N4O. The van der Waals surface area contributed by atoms with Crippen LogP contribution in [0, 0.1) is 5.92 Å². The van der Waals surface area contributed by atoms with Crippen LogP contribution in [-0.4, -0.2) is 47.0 Å². The Hall–Kier alpha value is -1.65. The number of hydrogen-bond donors (Lipinski definition) is 0. The van der Waals surface area contributed by atoms with Gasteiger partial charge in [-0.25, -0.2) is 9.97 Å². The Morgan fingerprint density at radius 3 is 2.70 bits per heavy atom. The molecule has 3 aliphatic rings. The van der Waals surface area contributed by atoms with E-state index >= 15 is 0 Å². The predicted molar refractivity (Wildman–Crippen MR) is 89.4 cm³/mol. The Bertz CT molecular complexity index is 582. The lowest BCUT2D eigenvalue weighted by Gasteiger charge is -2.38. The van der Waals surface area contributed by atoms with Gasteiger partial charge >= 0.3 is 0 Å². The van der Waals surface area contributed by atoms with E-state index < -0.39 is 0 Å². The third-order valence-corrected chi connectivity index (χ3v) is 5.74. The molecule has 3 fully saturated rings. The van der Waals surface area contributed by atoms with Gasteiger partial charge in [-0.1, -0.05) is 6.42 Å². The summed E-state index contributed by atoms with van der Waals surface area (Å²) < 4.78 is 0. The predicted octanol–water partition coefficient (Wildman–Crippen LogP) is 2.58. The average Bonchev–Trinajstić information content (AvgIpc) is 3.37.